The van der Waals surface area contributed by atoms with Crippen molar-refractivity contribution in [3.8, 4) is 0 Å². The van der Waals surface area contributed by atoms with Gasteiger partial charge in [-0.15, -0.1) is 0 Å². The Morgan fingerprint density at radius 3 is 2.27 bits per heavy atom. The zero-order valence-corrected chi connectivity index (χ0v) is 11.5. The van der Waals surface area contributed by atoms with Crippen LogP contribution in [0.2, 0.25) is 0 Å². The van der Waals surface area contributed by atoms with Crippen LogP contribution in [0, 0.1) is 11.8 Å². The summed E-state index contributed by atoms with van der Waals surface area (Å²) in [4.78, 5) is 2.36. The van der Waals surface area contributed by atoms with Crippen molar-refractivity contribution in [2.24, 2.45) is 17.6 Å². The van der Waals surface area contributed by atoms with Crippen molar-refractivity contribution >= 4 is 0 Å². The Morgan fingerprint density at radius 1 is 1.20 bits per heavy atom. The maximum atomic E-state index is 6.25. The second kappa shape index (κ2) is 6.49. The molecule has 2 N–H and O–H groups in total. The Hall–Kier alpha value is -0.0800. The maximum Gasteiger partial charge on any atom is 0.0257 e. The number of nitrogens with zero attached hydrogens (tertiary/aromatic N) is 1. The Kier molecular flexibility index (Phi) is 6.46. The van der Waals surface area contributed by atoms with E-state index >= 15 is 0 Å². The minimum absolute atomic E-state index is 0.00282. The summed E-state index contributed by atoms with van der Waals surface area (Å²) in [5.41, 5.74) is 6.25. The normalized spacial score (nSPS) is 38.6. The SMILES string of the molecule is CC.CC1CCN(C)CC(C)(N)CC1C. The summed E-state index contributed by atoms with van der Waals surface area (Å²) in [5.74, 6) is 1.58. The van der Waals surface area contributed by atoms with Crippen molar-refractivity contribution in [1.82, 2.24) is 4.90 Å². The second-order valence-corrected chi connectivity index (χ2v) is 5.34. The molecule has 0 bridgehead atoms. The van der Waals surface area contributed by atoms with Gasteiger partial charge in [-0.25, -0.2) is 0 Å². The summed E-state index contributed by atoms with van der Waals surface area (Å²) in [5, 5.41) is 0. The number of rotatable bonds is 0. The number of likely N-dealkylation sites (tertiary alicyclic amines) is 1. The Labute approximate surface area is 96.2 Å². The topological polar surface area (TPSA) is 29.3 Å². The van der Waals surface area contributed by atoms with Gasteiger partial charge in [0.25, 0.3) is 0 Å². The van der Waals surface area contributed by atoms with Crippen molar-refractivity contribution in [3.63, 3.8) is 0 Å². The van der Waals surface area contributed by atoms with Crippen LogP contribution in [0.4, 0.5) is 0 Å². The van der Waals surface area contributed by atoms with E-state index in [0.29, 0.717) is 0 Å². The lowest BCUT2D eigenvalue weighted by atomic mass is 9.80. The van der Waals surface area contributed by atoms with Gasteiger partial charge in [0.05, 0.1) is 0 Å². The minimum atomic E-state index is 0.00282. The first kappa shape index (κ1) is 14.9. The van der Waals surface area contributed by atoms with Gasteiger partial charge in [-0.05, 0) is 45.2 Å². The molecule has 1 rings (SSSR count). The smallest absolute Gasteiger partial charge is 0.0257 e. The van der Waals surface area contributed by atoms with Crippen LogP contribution in [-0.4, -0.2) is 30.6 Å². The van der Waals surface area contributed by atoms with E-state index < -0.39 is 0 Å². The van der Waals surface area contributed by atoms with E-state index in [9.17, 15) is 0 Å². The molecule has 1 aliphatic heterocycles. The molecule has 1 heterocycles. The summed E-state index contributed by atoms with van der Waals surface area (Å²) in [6.07, 6.45) is 2.46. The molecule has 2 heteroatoms. The van der Waals surface area contributed by atoms with Crippen molar-refractivity contribution in [2.75, 3.05) is 20.1 Å². The van der Waals surface area contributed by atoms with E-state index in [0.717, 1.165) is 24.8 Å². The third-order valence-electron chi connectivity index (χ3n) is 3.36. The summed E-state index contributed by atoms with van der Waals surface area (Å²) in [7, 11) is 2.17. The number of nitrogens with two attached hydrogens (primary N) is 1. The van der Waals surface area contributed by atoms with Crippen molar-refractivity contribution in [3.05, 3.63) is 0 Å². The number of hydrogen-bond donors (Lipinski definition) is 1. The van der Waals surface area contributed by atoms with Gasteiger partial charge in [0, 0.05) is 12.1 Å². The number of hydrogen-bond acceptors (Lipinski definition) is 2. The molecule has 15 heavy (non-hydrogen) atoms. The first-order valence-electron chi connectivity index (χ1n) is 6.38. The molecule has 2 nitrogen and oxygen atoms in total. The van der Waals surface area contributed by atoms with Crippen LogP contribution in [0.5, 0.6) is 0 Å². The fourth-order valence-electron chi connectivity index (χ4n) is 2.41. The lowest BCUT2D eigenvalue weighted by Crippen LogP contribution is -2.50. The van der Waals surface area contributed by atoms with Gasteiger partial charge in [0.1, 0.15) is 0 Å². The highest BCUT2D eigenvalue weighted by molar-refractivity contribution is 4.87. The van der Waals surface area contributed by atoms with E-state index in [1.54, 1.807) is 0 Å². The molecule has 1 saturated heterocycles. The highest BCUT2D eigenvalue weighted by Gasteiger charge is 2.28. The van der Waals surface area contributed by atoms with Crippen LogP contribution in [0.25, 0.3) is 0 Å². The lowest BCUT2D eigenvalue weighted by molar-refractivity contribution is 0.160. The average Bonchev–Trinajstić information content (AvgIpc) is 2.14. The maximum absolute atomic E-state index is 6.25. The van der Waals surface area contributed by atoms with Crippen molar-refractivity contribution in [2.45, 2.75) is 53.0 Å². The molecule has 0 aromatic heterocycles. The first-order chi connectivity index (χ1) is 6.91. The molecule has 3 atom stereocenters. The Balaban J connectivity index is 0.000000921. The molecule has 0 aromatic rings. The fourth-order valence-corrected chi connectivity index (χ4v) is 2.41. The Bertz CT molecular complexity index is 166. The monoisotopic (exact) mass is 214 g/mol. The standard InChI is InChI=1S/C11H24N2.C2H6/c1-9-5-6-13(4)8-11(3,12)7-10(9)2;1-2/h9-10H,5-8,12H2,1-4H3;1-2H3. The van der Waals surface area contributed by atoms with Crippen LogP contribution < -0.4 is 5.73 Å². The second-order valence-electron chi connectivity index (χ2n) is 5.34. The fraction of sp³-hybridized carbons (Fsp3) is 1.00. The van der Waals surface area contributed by atoms with Gasteiger partial charge < -0.3 is 10.6 Å². The first-order valence-corrected chi connectivity index (χ1v) is 6.38. The average molecular weight is 214 g/mol. The third-order valence-corrected chi connectivity index (χ3v) is 3.36. The van der Waals surface area contributed by atoms with E-state index in [4.69, 9.17) is 5.73 Å². The van der Waals surface area contributed by atoms with Gasteiger partial charge in [-0.3, -0.25) is 0 Å². The van der Waals surface area contributed by atoms with Crippen LogP contribution in [0.1, 0.15) is 47.5 Å². The molecule has 92 valence electrons. The zero-order chi connectivity index (χ0) is 12.1. The van der Waals surface area contributed by atoms with E-state index in [2.05, 4.69) is 32.7 Å². The predicted octanol–water partition coefficient (Wildman–Crippen LogP) is 2.73. The molecular formula is C13H30N2. The van der Waals surface area contributed by atoms with Crippen LogP contribution >= 0.6 is 0 Å². The quantitative estimate of drug-likeness (QED) is 0.672. The molecule has 1 fully saturated rings. The third kappa shape index (κ3) is 5.53. The van der Waals surface area contributed by atoms with Gasteiger partial charge in [-0.2, -0.15) is 0 Å². The van der Waals surface area contributed by atoms with Crippen molar-refractivity contribution < 1.29 is 0 Å². The molecule has 0 radical (unpaired) electrons. The van der Waals surface area contributed by atoms with Gasteiger partial charge in [-0.1, -0.05) is 27.7 Å². The highest BCUT2D eigenvalue weighted by atomic mass is 15.1. The predicted molar refractivity (Wildman–Crippen MR) is 69.0 cm³/mol. The van der Waals surface area contributed by atoms with Crippen LogP contribution in [-0.2, 0) is 0 Å². The molecule has 0 aromatic carbocycles. The van der Waals surface area contributed by atoms with Gasteiger partial charge in [0.15, 0.2) is 0 Å². The van der Waals surface area contributed by atoms with Gasteiger partial charge in [0.2, 0.25) is 0 Å². The summed E-state index contributed by atoms with van der Waals surface area (Å²) >= 11 is 0. The zero-order valence-electron chi connectivity index (χ0n) is 11.5. The van der Waals surface area contributed by atoms with Crippen LogP contribution in [0.3, 0.4) is 0 Å². The van der Waals surface area contributed by atoms with Crippen molar-refractivity contribution in [1.29, 1.82) is 0 Å². The van der Waals surface area contributed by atoms with E-state index in [1.165, 1.54) is 13.0 Å². The highest BCUT2D eigenvalue weighted by Crippen LogP contribution is 2.26. The molecule has 0 spiro atoms. The molecule has 0 saturated carbocycles. The van der Waals surface area contributed by atoms with E-state index in [1.807, 2.05) is 13.8 Å². The van der Waals surface area contributed by atoms with Gasteiger partial charge >= 0.3 is 0 Å². The minimum Gasteiger partial charge on any atom is -0.324 e. The van der Waals surface area contributed by atoms with Crippen LogP contribution in [0.15, 0.2) is 0 Å². The molecule has 0 aliphatic carbocycles. The largest absolute Gasteiger partial charge is 0.324 e. The Morgan fingerprint density at radius 2 is 1.73 bits per heavy atom. The summed E-state index contributed by atoms with van der Waals surface area (Å²) < 4.78 is 0. The lowest BCUT2D eigenvalue weighted by Gasteiger charge is -2.37. The molecule has 0 amide bonds. The molecular weight excluding hydrogens is 184 g/mol. The summed E-state index contributed by atoms with van der Waals surface area (Å²) in [6.45, 7) is 13.1. The number of likely N-dealkylation sites (N-methyl/N-ethyl adjacent to an activating group) is 1. The molecule has 3 unspecified atom stereocenters. The molecule has 1 aliphatic rings. The summed E-state index contributed by atoms with van der Waals surface area (Å²) in [6, 6.07) is 0. The van der Waals surface area contributed by atoms with E-state index in [-0.39, 0.29) is 5.54 Å².